The van der Waals surface area contributed by atoms with Gasteiger partial charge in [-0.25, -0.2) is 4.79 Å². The molecule has 0 fully saturated rings. The average Bonchev–Trinajstić information content (AvgIpc) is 3.28. The van der Waals surface area contributed by atoms with Gasteiger partial charge in [-0.3, -0.25) is 4.79 Å². The van der Waals surface area contributed by atoms with E-state index in [4.69, 9.17) is 9.47 Å². The van der Waals surface area contributed by atoms with Crippen LogP contribution in [0.3, 0.4) is 0 Å². The highest BCUT2D eigenvalue weighted by atomic mass is 16.5. The SMILES string of the molecule is COCCCOc1cc2c(cc1-n1ccc3ccccc31)-c1cc(=O)c(C(=O)O)cn1[C@H](C(C)(C)C)C2. The number of ether oxygens (including phenoxy) is 2. The van der Waals surface area contributed by atoms with Gasteiger partial charge in [0, 0.05) is 50.2 Å². The van der Waals surface area contributed by atoms with E-state index in [9.17, 15) is 14.7 Å². The van der Waals surface area contributed by atoms with Crippen LogP contribution in [0.15, 0.2) is 65.7 Å². The van der Waals surface area contributed by atoms with Crippen molar-refractivity contribution in [3.63, 3.8) is 0 Å². The topological polar surface area (TPSA) is 82.7 Å². The molecule has 0 bridgehead atoms. The molecule has 0 saturated carbocycles. The van der Waals surface area contributed by atoms with E-state index in [-0.39, 0.29) is 17.0 Å². The fourth-order valence-electron chi connectivity index (χ4n) is 5.21. The molecular formula is C30H32N2O5. The van der Waals surface area contributed by atoms with Crippen LogP contribution in [-0.2, 0) is 11.2 Å². The summed E-state index contributed by atoms with van der Waals surface area (Å²) in [7, 11) is 1.68. The van der Waals surface area contributed by atoms with Crippen molar-refractivity contribution in [3.8, 4) is 22.7 Å². The summed E-state index contributed by atoms with van der Waals surface area (Å²) in [4.78, 5) is 24.6. The van der Waals surface area contributed by atoms with E-state index in [1.165, 1.54) is 12.3 Å². The van der Waals surface area contributed by atoms with Gasteiger partial charge >= 0.3 is 5.97 Å². The summed E-state index contributed by atoms with van der Waals surface area (Å²) in [5, 5.41) is 10.7. The Labute approximate surface area is 215 Å². The van der Waals surface area contributed by atoms with E-state index >= 15 is 0 Å². The van der Waals surface area contributed by atoms with Gasteiger partial charge in [0.05, 0.1) is 23.5 Å². The van der Waals surface area contributed by atoms with Crippen LogP contribution in [0.2, 0.25) is 0 Å². The number of hydrogen-bond donors (Lipinski definition) is 1. The van der Waals surface area contributed by atoms with Crippen LogP contribution in [0, 0.1) is 5.41 Å². The third-order valence-electron chi connectivity index (χ3n) is 7.13. The van der Waals surface area contributed by atoms with Gasteiger partial charge in [0.1, 0.15) is 11.3 Å². The summed E-state index contributed by atoms with van der Waals surface area (Å²) in [6, 6.07) is 15.8. The van der Waals surface area contributed by atoms with E-state index in [1.54, 1.807) is 7.11 Å². The van der Waals surface area contributed by atoms with Crippen molar-refractivity contribution in [2.45, 2.75) is 39.7 Å². The highest BCUT2D eigenvalue weighted by molar-refractivity contribution is 5.88. The summed E-state index contributed by atoms with van der Waals surface area (Å²) >= 11 is 0. The van der Waals surface area contributed by atoms with E-state index in [0.29, 0.717) is 19.6 Å². The molecule has 192 valence electrons. The fourth-order valence-corrected chi connectivity index (χ4v) is 5.21. The second kappa shape index (κ2) is 9.56. The summed E-state index contributed by atoms with van der Waals surface area (Å²) in [6.45, 7) is 7.52. The molecule has 0 unspecified atom stereocenters. The van der Waals surface area contributed by atoms with E-state index in [1.807, 2.05) is 22.9 Å². The lowest BCUT2D eigenvalue weighted by molar-refractivity contribution is 0.0693. The van der Waals surface area contributed by atoms with Gasteiger partial charge in [-0.2, -0.15) is 0 Å². The predicted octanol–water partition coefficient (Wildman–Crippen LogP) is 5.72. The van der Waals surface area contributed by atoms with Crippen LogP contribution >= 0.6 is 0 Å². The lowest BCUT2D eigenvalue weighted by Gasteiger charge is -2.39. The number of rotatable bonds is 7. The third-order valence-corrected chi connectivity index (χ3v) is 7.13. The van der Waals surface area contributed by atoms with Gasteiger partial charge in [0.2, 0.25) is 0 Å². The van der Waals surface area contributed by atoms with Gasteiger partial charge in [0.15, 0.2) is 5.43 Å². The molecule has 1 aliphatic heterocycles. The molecule has 7 heteroatoms. The van der Waals surface area contributed by atoms with E-state index < -0.39 is 11.4 Å². The molecule has 1 aliphatic rings. The standard InChI is InChI=1S/C30H32N2O5/c1-30(2,3)28-15-20-14-27(37-13-7-12-36-4)25(31-11-10-19-8-5-6-9-23(19)31)16-21(20)24-17-26(33)22(29(34)35)18-32(24)28/h5-6,8-11,14,16-18,28H,7,12-13,15H2,1-4H3,(H,34,35)/t28-/m0/s1. The van der Waals surface area contributed by atoms with Crippen molar-refractivity contribution in [1.29, 1.82) is 0 Å². The third kappa shape index (κ3) is 4.55. The number of methoxy groups -OCH3 is 1. The van der Waals surface area contributed by atoms with Crippen LogP contribution in [0.4, 0.5) is 0 Å². The number of hydrogen-bond acceptors (Lipinski definition) is 4. The normalized spacial score (nSPS) is 14.9. The van der Waals surface area contributed by atoms with E-state index in [0.717, 1.165) is 45.6 Å². The first-order chi connectivity index (χ1) is 17.7. The Morgan fingerprint density at radius 1 is 1.11 bits per heavy atom. The zero-order valence-electron chi connectivity index (χ0n) is 21.7. The molecule has 2 aromatic heterocycles. The highest BCUT2D eigenvalue weighted by Crippen LogP contribution is 2.45. The van der Waals surface area contributed by atoms with Crippen molar-refractivity contribution in [2.24, 2.45) is 5.41 Å². The first-order valence-electron chi connectivity index (χ1n) is 12.5. The molecule has 0 aliphatic carbocycles. The maximum Gasteiger partial charge on any atom is 0.341 e. The number of carboxylic acids is 1. The monoisotopic (exact) mass is 500 g/mol. The zero-order chi connectivity index (χ0) is 26.3. The quantitative estimate of drug-likeness (QED) is 0.329. The number of aromatic nitrogens is 2. The van der Waals surface area contributed by atoms with Crippen LogP contribution in [-0.4, -0.2) is 40.5 Å². The maximum atomic E-state index is 12.8. The minimum absolute atomic E-state index is 0.0340. The second-order valence-corrected chi connectivity index (χ2v) is 10.7. The lowest BCUT2D eigenvalue weighted by atomic mass is 9.78. The molecule has 37 heavy (non-hydrogen) atoms. The first kappa shape index (κ1) is 24.8. The molecule has 1 N–H and O–H groups in total. The minimum atomic E-state index is -1.21. The lowest BCUT2D eigenvalue weighted by Crippen LogP contribution is -2.33. The van der Waals surface area contributed by atoms with Crippen molar-refractivity contribution < 1.29 is 19.4 Å². The number of benzene rings is 2. The van der Waals surface area contributed by atoms with Crippen molar-refractivity contribution in [1.82, 2.24) is 9.13 Å². The number of fused-ring (bicyclic) bond motifs is 4. The number of pyridine rings is 1. The number of carbonyl (C=O) groups is 1. The molecular weight excluding hydrogens is 468 g/mol. The second-order valence-electron chi connectivity index (χ2n) is 10.7. The zero-order valence-corrected chi connectivity index (χ0v) is 21.7. The predicted molar refractivity (Wildman–Crippen MR) is 144 cm³/mol. The number of nitrogens with zero attached hydrogens (tertiary/aromatic N) is 2. The molecule has 4 aromatic rings. The van der Waals surface area contributed by atoms with Crippen molar-refractivity contribution in [2.75, 3.05) is 20.3 Å². The van der Waals surface area contributed by atoms with Gasteiger partial charge in [-0.1, -0.05) is 39.0 Å². The largest absolute Gasteiger partial charge is 0.491 e. The Morgan fingerprint density at radius 3 is 2.62 bits per heavy atom. The minimum Gasteiger partial charge on any atom is -0.491 e. The first-order valence-corrected chi connectivity index (χ1v) is 12.5. The average molecular weight is 501 g/mol. The summed E-state index contributed by atoms with van der Waals surface area (Å²) in [5.41, 5.74) is 3.74. The van der Waals surface area contributed by atoms with E-state index in [2.05, 4.69) is 55.7 Å². The summed E-state index contributed by atoms with van der Waals surface area (Å²) < 4.78 is 15.6. The molecule has 7 nitrogen and oxygen atoms in total. The highest BCUT2D eigenvalue weighted by Gasteiger charge is 2.34. The molecule has 0 radical (unpaired) electrons. The molecule has 0 spiro atoms. The number of para-hydroxylation sites is 1. The molecule has 0 saturated heterocycles. The number of aromatic carboxylic acids is 1. The summed E-state index contributed by atoms with van der Waals surface area (Å²) in [6.07, 6.45) is 4.99. The van der Waals surface area contributed by atoms with Crippen LogP contribution in [0.5, 0.6) is 5.75 Å². The fraction of sp³-hybridized carbons (Fsp3) is 0.333. The smallest absolute Gasteiger partial charge is 0.341 e. The Kier molecular flexibility index (Phi) is 6.42. The molecule has 2 aromatic carbocycles. The molecule has 1 atom stereocenters. The molecule has 5 rings (SSSR count). The van der Waals surface area contributed by atoms with Crippen LogP contribution < -0.4 is 10.2 Å². The Bertz CT molecular complexity index is 1540. The Morgan fingerprint density at radius 2 is 1.89 bits per heavy atom. The van der Waals surface area contributed by atoms with Crippen LogP contribution in [0.25, 0.3) is 27.8 Å². The van der Waals surface area contributed by atoms with Gasteiger partial charge < -0.3 is 23.7 Å². The van der Waals surface area contributed by atoms with Gasteiger partial charge in [-0.05, 0) is 47.1 Å². The van der Waals surface area contributed by atoms with Crippen molar-refractivity contribution in [3.05, 3.63) is 82.3 Å². The maximum absolute atomic E-state index is 12.8. The van der Waals surface area contributed by atoms with Gasteiger partial charge in [-0.15, -0.1) is 0 Å². The number of carboxylic acid groups (broad SMARTS) is 1. The Hall–Kier alpha value is -3.84. The molecule has 3 heterocycles. The summed E-state index contributed by atoms with van der Waals surface area (Å²) in [5.74, 6) is -0.445. The van der Waals surface area contributed by atoms with Crippen molar-refractivity contribution >= 4 is 16.9 Å². The van der Waals surface area contributed by atoms with Crippen LogP contribution in [0.1, 0.15) is 49.2 Å². The van der Waals surface area contributed by atoms with Gasteiger partial charge in [0.25, 0.3) is 0 Å². The molecule has 0 amide bonds. The Balaban J connectivity index is 1.74.